The molecule has 0 spiro atoms. The molecular weight excluding hydrogens is 292 g/mol. The molecule has 0 amide bonds. The fraction of sp³-hybridized carbons (Fsp3) is 0.316. The smallest absolute Gasteiger partial charge is 0.281 e. The van der Waals surface area contributed by atoms with E-state index in [2.05, 4.69) is 0 Å². The fourth-order valence-electron chi connectivity index (χ4n) is 2.86. The van der Waals surface area contributed by atoms with Crippen molar-refractivity contribution in [2.75, 3.05) is 13.2 Å². The predicted molar refractivity (Wildman–Crippen MR) is 86.0 cm³/mol. The van der Waals surface area contributed by atoms with Gasteiger partial charge in [0, 0.05) is 19.1 Å². The summed E-state index contributed by atoms with van der Waals surface area (Å²) in [4.78, 5) is 13.2. The van der Waals surface area contributed by atoms with Gasteiger partial charge in [-0.15, -0.1) is 0 Å². The van der Waals surface area contributed by atoms with Crippen LogP contribution in [-0.2, 0) is 19.8 Å². The average Bonchev–Trinajstić information content (AvgIpc) is 2.95. The number of Topliss-reactive ketones (excluding diaryl/α,β-unsaturated/α-hetero) is 1. The number of benzene rings is 2. The molecule has 2 atom stereocenters. The van der Waals surface area contributed by atoms with E-state index in [0.717, 1.165) is 5.56 Å². The first-order valence-corrected chi connectivity index (χ1v) is 7.73. The SMILES string of the molecule is CCOC1(C)OCC(C(=O)c2ccccc2)(c2ccccc2)O1. The summed E-state index contributed by atoms with van der Waals surface area (Å²) in [7, 11) is 0. The lowest BCUT2D eigenvalue weighted by molar-refractivity contribution is -0.329. The van der Waals surface area contributed by atoms with E-state index in [1.54, 1.807) is 19.1 Å². The first kappa shape index (κ1) is 15.9. The topological polar surface area (TPSA) is 44.8 Å². The van der Waals surface area contributed by atoms with Gasteiger partial charge in [-0.3, -0.25) is 4.79 Å². The lowest BCUT2D eigenvalue weighted by Crippen LogP contribution is -2.41. The first-order valence-electron chi connectivity index (χ1n) is 7.73. The van der Waals surface area contributed by atoms with Crippen LogP contribution in [0.4, 0.5) is 0 Å². The highest BCUT2D eigenvalue weighted by atomic mass is 16.9. The lowest BCUT2D eigenvalue weighted by atomic mass is 9.86. The van der Waals surface area contributed by atoms with Gasteiger partial charge in [-0.1, -0.05) is 60.7 Å². The molecule has 1 aliphatic rings. The van der Waals surface area contributed by atoms with Crippen molar-refractivity contribution in [1.82, 2.24) is 0 Å². The fourth-order valence-corrected chi connectivity index (χ4v) is 2.86. The summed E-state index contributed by atoms with van der Waals surface area (Å²) >= 11 is 0. The van der Waals surface area contributed by atoms with Gasteiger partial charge in [-0.2, -0.15) is 0 Å². The van der Waals surface area contributed by atoms with Crippen molar-refractivity contribution in [3.63, 3.8) is 0 Å². The molecule has 0 radical (unpaired) electrons. The van der Waals surface area contributed by atoms with Crippen LogP contribution in [0.25, 0.3) is 0 Å². The number of carbonyl (C=O) groups excluding carboxylic acids is 1. The minimum atomic E-state index is -1.23. The second-order valence-electron chi connectivity index (χ2n) is 5.57. The highest BCUT2D eigenvalue weighted by molar-refractivity contribution is 6.03. The van der Waals surface area contributed by atoms with Crippen LogP contribution in [0.3, 0.4) is 0 Å². The number of ketones is 1. The van der Waals surface area contributed by atoms with Crippen LogP contribution in [0.5, 0.6) is 0 Å². The van der Waals surface area contributed by atoms with Crippen LogP contribution in [0, 0.1) is 0 Å². The van der Waals surface area contributed by atoms with E-state index in [1.165, 1.54) is 0 Å². The van der Waals surface area contributed by atoms with Crippen molar-refractivity contribution in [2.24, 2.45) is 0 Å². The Labute approximate surface area is 136 Å². The largest absolute Gasteiger partial charge is 0.328 e. The predicted octanol–water partition coefficient (Wildman–Crippen LogP) is 3.52. The van der Waals surface area contributed by atoms with E-state index in [0.29, 0.717) is 12.2 Å². The molecule has 120 valence electrons. The van der Waals surface area contributed by atoms with E-state index in [4.69, 9.17) is 14.2 Å². The number of hydrogen-bond acceptors (Lipinski definition) is 4. The Balaban J connectivity index is 2.04. The number of carbonyl (C=O) groups is 1. The highest BCUT2D eigenvalue weighted by Gasteiger charge is 2.54. The van der Waals surface area contributed by atoms with Crippen LogP contribution in [0.15, 0.2) is 60.7 Å². The summed E-state index contributed by atoms with van der Waals surface area (Å²) in [5.74, 6) is -1.36. The molecule has 4 nitrogen and oxygen atoms in total. The van der Waals surface area contributed by atoms with Gasteiger partial charge in [-0.05, 0) is 12.5 Å². The third kappa shape index (κ3) is 2.93. The number of hydrogen-bond donors (Lipinski definition) is 0. The second kappa shape index (κ2) is 6.24. The number of rotatable bonds is 5. The van der Waals surface area contributed by atoms with Crippen molar-refractivity contribution in [3.8, 4) is 0 Å². The first-order chi connectivity index (χ1) is 11.1. The monoisotopic (exact) mass is 312 g/mol. The van der Waals surface area contributed by atoms with Gasteiger partial charge in [-0.25, -0.2) is 0 Å². The van der Waals surface area contributed by atoms with Crippen LogP contribution >= 0.6 is 0 Å². The summed E-state index contributed by atoms with van der Waals surface area (Å²) < 4.78 is 17.4. The van der Waals surface area contributed by atoms with E-state index in [-0.39, 0.29) is 12.4 Å². The Kier molecular flexibility index (Phi) is 4.31. The third-order valence-corrected chi connectivity index (χ3v) is 3.95. The molecule has 1 heterocycles. The highest BCUT2D eigenvalue weighted by Crippen LogP contribution is 2.41. The molecule has 2 aromatic rings. The maximum absolute atomic E-state index is 13.2. The summed E-state index contributed by atoms with van der Waals surface area (Å²) in [5, 5.41) is 0. The molecule has 3 rings (SSSR count). The van der Waals surface area contributed by atoms with Crippen molar-refractivity contribution in [2.45, 2.75) is 25.4 Å². The quantitative estimate of drug-likeness (QED) is 0.792. The molecular formula is C19H20O4. The maximum atomic E-state index is 13.2. The Morgan fingerprint density at radius 1 is 1.09 bits per heavy atom. The molecule has 0 aliphatic carbocycles. The van der Waals surface area contributed by atoms with Crippen molar-refractivity contribution in [1.29, 1.82) is 0 Å². The Bertz CT molecular complexity index is 670. The van der Waals surface area contributed by atoms with Gasteiger partial charge in [0.05, 0.1) is 6.61 Å². The van der Waals surface area contributed by atoms with Crippen LogP contribution < -0.4 is 0 Å². The van der Waals surface area contributed by atoms with Crippen molar-refractivity contribution in [3.05, 3.63) is 71.8 Å². The Hall–Kier alpha value is -2.01. The van der Waals surface area contributed by atoms with Gasteiger partial charge < -0.3 is 14.2 Å². The molecule has 1 aliphatic heterocycles. The molecule has 1 saturated heterocycles. The lowest BCUT2D eigenvalue weighted by Gasteiger charge is -2.29. The van der Waals surface area contributed by atoms with Gasteiger partial charge in [0.1, 0.15) is 0 Å². The number of ether oxygens (including phenoxy) is 3. The van der Waals surface area contributed by atoms with Crippen molar-refractivity contribution >= 4 is 5.78 Å². The Morgan fingerprint density at radius 3 is 2.30 bits per heavy atom. The molecule has 0 saturated carbocycles. The van der Waals surface area contributed by atoms with Crippen LogP contribution in [0.1, 0.15) is 29.8 Å². The zero-order chi connectivity index (χ0) is 16.3. The van der Waals surface area contributed by atoms with Gasteiger partial charge in [0.15, 0.2) is 5.60 Å². The molecule has 0 aromatic heterocycles. The molecule has 2 unspecified atom stereocenters. The summed E-state index contributed by atoms with van der Waals surface area (Å²) in [6.07, 6.45) is 0. The molecule has 4 heteroatoms. The second-order valence-corrected chi connectivity index (χ2v) is 5.57. The minimum absolute atomic E-state index is 0.112. The summed E-state index contributed by atoms with van der Waals surface area (Å²) in [6.45, 7) is 4.10. The van der Waals surface area contributed by atoms with E-state index in [9.17, 15) is 4.79 Å². The van der Waals surface area contributed by atoms with Gasteiger partial charge in [0.2, 0.25) is 5.78 Å². The van der Waals surface area contributed by atoms with Crippen LogP contribution in [-0.4, -0.2) is 25.0 Å². The standard InChI is InChI=1S/C19H20O4/c1-3-21-18(2)22-14-19(23-18,16-12-8-5-9-13-16)17(20)15-10-6-4-7-11-15/h4-13H,3,14H2,1-2H3. The Morgan fingerprint density at radius 2 is 1.70 bits per heavy atom. The molecule has 1 fully saturated rings. The van der Waals surface area contributed by atoms with E-state index in [1.807, 2.05) is 55.5 Å². The maximum Gasteiger partial charge on any atom is 0.281 e. The van der Waals surface area contributed by atoms with Gasteiger partial charge >= 0.3 is 0 Å². The summed E-state index contributed by atoms with van der Waals surface area (Å²) in [5.41, 5.74) is 0.144. The molecule has 23 heavy (non-hydrogen) atoms. The van der Waals surface area contributed by atoms with Crippen LogP contribution in [0.2, 0.25) is 0 Å². The average molecular weight is 312 g/mol. The molecule has 0 N–H and O–H groups in total. The summed E-state index contributed by atoms with van der Waals surface area (Å²) in [6, 6.07) is 18.5. The zero-order valence-corrected chi connectivity index (χ0v) is 13.3. The van der Waals surface area contributed by atoms with E-state index < -0.39 is 11.6 Å². The van der Waals surface area contributed by atoms with E-state index >= 15 is 0 Å². The third-order valence-electron chi connectivity index (χ3n) is 3.95. The minimum Gasteiger partial charge on any atom is -0.328 e. The molecule has 2 aromatic carbocycles. The zero-order valence-electron chi connectivity index (χ0n) is 13.3. The van der Waals surface area contributed by atoms with Gasteiger partial charge in [0.25, 0.3) is 5.97 Å². The molecule has 0 bridgehead atoms. The normalized spacial score (nSPS) is 27.0. The van der Waals surface area contributed by atoms with Crippen molar-refractivity contribution < 1.29 is 19.0 Å².